The molecule has 1 aromatic carbocycles. The SMILES string of the molecule is BC1=NN(c2ncccc2Cl)C(C(=O)Nc2c(Cl)cc(Cl)cc2C(C)=O)C1. The number of hydrazone groups is 1. The zero-order chi connectivity index (χ0) is 19.7. The van der Waals surface area contributed by atoms with Crippen molar-refractivity contribution in [2.24, 2.45) is 5.10 Å². The number of hydrogen-bond donors (Lipinski definition) is 1. The molecule has 1 unspecified atom stereocenters. The van der Waals surface area contributed by atoms with Gasteiger partial charge in [-0.05, 0) is 36.8 Å². The summed E-state index contributed by atoms with van der Waals surface area (Å²) in [5, 5.41) is 9.46. The molecule has 1 aliphatic rings. The van der Waals surface area contributed by atoms with Crippen molar-refractivity contribution < 1.29 is 9.59 Å². The summed E-state index contributed by atoms with van der Waals surface area (Å²) in [6, 6.07) is 5.62. The lowest BCUT2D eigenvalue weighted by Crippen LogP contribution is -2.39. The number of amides is 1. The molecular weight excluding hydrogens is 409 g/mol. The van der Waals surface area contributed by atoms with Gasteiger partial charge in [0.1, 0.15) is 6.04 Å². The number of nitrogens with one attached hydrogen (secondary N) is 1. The number of ketones is 1. The monoisotopic (exact) mass is 422 g/mol. The number of nitrogens with zero attached hydrogens (tertiary/aromatic N) is 3. The number of aromatic nitrogens is 1. The second kappa shape index (κ2) is 7.88. The van der Waals surface area contributed by atoms with E-state index in [1.165, 1.54) is 24.1 Å². The van der Waals surface area contributed by atoms with Crippen LogP contribution in [0.4, 0.5) is 11.5 Å². The minimum absolute atomic E-state index is 0.180. The smallest absolute Gasteiger partial charge is 0.249 e. The van der Waals surface area contributed by atoms with Crippen LogP contribution in [0.25, 0.3) is 0 Å². The second-order valence-corrected chi connectivity index (χ2v) is 7.32. The summed E-state index contributed by atoms with van der Waals surface area (Å²) in [6.07, 6.45) is 1.96. The Balaban J connectivity index is 1.93. The number of pyridine rings is 1. The maximum Gasteiger partial charge on any atom is 0.249 e. The van der Waals surface area contributed by atoms with E-state index in [1.54, 1.807) is 18.3 Å². The molecule has 1 aromatic heterocycles. The van der Waals surface area contributed by atoms with Gasteiger partial charge in [-0.25, -0.2) is 9.99 Å². The van der Waals surface area contributed by atoms with Crippen molar-refractivity contribution >= 4 is 71.5 Å². The average Bonchev–Trinajstić information content (AvgIpc) is 2.99. The van der Waals surface area contributed by atoms with E-state index in [-0.39, 0.29) is 28.0 Å². The van der Waals surface area contributed by atoms with Crippen molar-refractivity contribution in [3.8, 4) is 0 Å². The molecule has 0 saturated heterocycles. The van der Waals surface area contributed by atoms with Gasteiger partial charge in [0.15, 0.2) is 19.4 Å². The lowest BCUT2D eigenvalue weighted by Gasteiger charge is -2.23. The molecule has 1 N–H and O–H groups in total. The highest BCUT2D eigenvalue weighted by atomic mass is 35.5. The van der Waals surface area contributed by atoms with Gasteiger partial charge in [-0.1, -0.05) is 34.8 Å². The van der Waals surface area contributed by atoms with Crippen molar-refractivity contribution in [1.82, 2.24) is 4.98 Å². The average molecular weight is 423 g/mol. The van der Waals surface area contributed by atoms with E-state index in [2.05, 4.69) is 15.4 Å². The van der Waals surface area contributed by atoms with Crippen LogP contribution in [-0.4, -0.2) is 36.2 Å². The lowest BCUT2D eigenvalue weighted by molar-refractivity contribution is -0.117. The second-order valence-electron chi connectivity index (χ2n) is 6.06. The number of carbonyl (C=O) groups is 2. The Kier molecular flexibility index (Phi) is 5.74. The molecular formula is C17H14BCl3N4O2. The predicted molar refractivity (Wildman–Crippen MR) is 111 cm³/mol. The number of Topliss-reactive ketones (excluding diaryl/α,β-unsaturated/α-hetero) is 1. The predicted octanol–water partition coefficient (Wildman–Crippen LogP) is 3.41. The molecule has 0 saturated carbocycles. The van der Waals surface area contributed by atoms with Gasteiger partial charge >= 0.3 is 0 Å². The van der Waals surface area contributed by atoms with E-state index in [0.717, 1.165) is 5.61 Å². The summed E-state index contributed by atoms with van der Waals surface area (Å²) >= 11 is 18.4. The highest BCUT2D eigenvalue weighted by Crippen LogP contribution is 2.33. The standard InChI is InChI=1S/C17H14BCl3N4O2/c1-8(26)10-5-9(19)6-12(21)15(10)23-17(27)13-7-14(18)24-25(13)16-11(20)3-2-4-22-16/h2-6,13H,7,18H2,1H3,(H,23,27). The van der Waals surface area contributed by atoms with E-state index in [9.17, 15) is 9.59 Å². The van der Waals surface area contributed by atoms with E-state index >= 15 is 0 Å². The van der Waals surface area contributed by atoms with Gasteiger partial charge in [-0.2, -0.15) is 5.10 Å². The number of carbonyl (C=O) groups excluding carboxylic acids is 2. The van der Waals surface area contributed by atoms with Gasteiger partial charge in [-0.15, -0.1) is 0 Å². The first-order valence-corrected chi connectivity index (χ1v) is 9.16. The summed E-state index contributed by atoms with van der Waals surface area (Å²) in [5.74, 6) is -0.271. The van der Waals surface area contributed by atoms with Crippen LogP contribution in [0.2, 0.25) is 15.1 Å². The molecule has 0 aliphatic carbocycles. The molecule has 138 valence electrons. The summed E-state index contributed by atoms with van der Waals surface area (Å²) < 4.78 is 0. The molecule has 10 heteroatoms. The molecule has 1 aliphatic heterocycles. The minimum Gasteiger partial charge on any atom is -0.322 e. The van der Waals surface area contributed by atoms with Crippen molar-refractivity contribution in [3.63, 3.8) is 0 Å². The van der Waals surface area contributed by atoms with Gasteiger partial charge in [0, 0.05) is 23.2 Å². The van der Waals surface area contributed by atoms with E-state index in [0.29, 0.717) is 22.3 Å². The molecule has 2 heterocycles. The maximum atomic E-state index is 13.0. The molecule has 27 heavy (non-hydrogen) atoms. The first kappa shape index (κ1) is 19.7. The van der Waals surface area contributed by atoms with Crippen molar-refractivity contribution in [2.45, 2.75) is 19.4 Å². The van der Waals surface area contributed by atoms with Crippen LogP contribution in [0.5, 0.6) is 0 Å². The van der Waals surface area contributed by atoms with E-state index in [1.807, 2.05) is 7.85 Å². The molecule has 1 amide bonds. The Bertz CT molecular complexity index is 967. The molecule has 0 fully saturated rings. The summed E-state index contributed by atoms with van der Waals surface area (Å²) in [5.41, 5.74) is 1.21. The number of anilines is 2. The maximum absolute atomic E-state index is 13.0. The Morgan fingerprint density at radius 3 is 2.67 bits per heavy atom. The largest absolute Gasteiger partial charge is 0.322 e. The van der Waals surface area contributed by atoms with Crippen LogP contribution < -0.4 is 10.3 Å². The quantitative estimate of drug-likeness (QED) is 0.604. The Hall–Kier alpha value is -2.09. The van der Waals surface area contributed by atoms with Crippen LogP contribution in [0, 0.1) is 0 Å². The molecule has 2 aromatic rings. The summed E-state index contributed by atoms with van der Waals surface area (Å²) in [6.45, 7) is 1.38. The first-order valence-electron chi connectivity index (χ1n) is 8.02. The zero-order valence-corrected chi connectivity index (χ0v) is 16.7. The molecule has 6 nitrogen and oxygen atoms in total. The fourth-order valence-corrected chi connectivity index (χ4v) is 3.54. The summed E-state index contributed by atoms with van der Waals surface area (Å²) in [7, 11) is 1.81. The molecule has 1 atom stereocenters. The first-order chi connectivity index (χ1) is 12.8. The fourth-order valence-electron chi connectivity index (χ4n) is 2.79. The van der Waals surface area contributed by atoms with Gasteiger partial charge < -0.3 is 5.32 Å². The van der Waals surface area contributed by atoms with Gasteiger partial charge in [0.2, 0.25) is 5.91 Å². The molecule has 0 bridgehead atoms. The summed E-state index contributed by atoms with van der Waals surface area (Å²) in [4.78, 5) is 29.1. The third-order valence-corrected chi connectivity index (χ3v) is 4.81. The molecule has 3 rings (SSSR count). The third kappa shape index (κ3) is 4.10. The number of hydrogen-bond acceptors (Lipinski definition) is 5. The van der Waals surface area contributed by atoms with Crippen molar-refractivity contribution in [1.29, 1.82) is 0 Å². The molecule has 0 radical (unpaired) electrons. The highest BCUT2D eigenvalue weighted by Gasteiger charge is 2.34. The van der Waals surface area contributed by atoms with Crippen LogP contribution in [0.3, 0.4) is 0 Å². The van der Waals surface area contributed by atoms with Gasteiger partial charge in [0.25, 0.3) is 0 Å². The number of rotatable bonds is 4. The Morgan fingerprint density at radius 1 is 1.26 bits per heavy atom. The Morgan fingerprint density at radius 2 is 2.00 bits per heavy atom. The van der Waals surface area contributed by atoms with Gasteiger partial charge in [-0.3, -0.25) is 9.59 Å². The highest BCUT2D eigenvalue weighted by molar-refractivity contribution is 6.60. The number of halogens is 3. The fraction of sp³-hybridized carbons (Fsp3) is 0.176. The van der Waals surface area contributed by atoms with Crippen LogP contribution in [0.15, 0.2) is 35.6 Å². The van der Waals surface area contributed by atoms with Crippen molar-refractivity contribution in [2.75, 3.05) is 10.3 Å². The van der Waals surface area contributed by atoms with Crippen molar-refractivity contribution in [3.05, 3.63) is 51.1 Å². The minimum atomic E-state index is -0.677. The third-order valence-electron chi connectivity index (χ3n) is 4.00. The molecule has 0 spiro atoms. The van der Waals surface area contributed by atoms with Crippen LogP contribution >= 0.6 is 34.8 Å². The lowest BCUT2D eigenvalue weighted by atomic mass is 9.95. The van der Waals surface area contributed by atoms with Crippen LogP contribution in [-0.2, 0) is 4.79 Å². The zero-order valence-electron chi connectivity index (χ0n) is 14.5. The van der Waals surface area contributed by atoms with Crippen LogP contribution in [0.1, 0.15) is 23.7 Å². The Labute approximate surface area is 171 Å². The number of benzene rings is 1. The topological polar surface area (TPSA) is 74.7 Å². The van der Waals surface area contributed by atoms with E-state index < -0.39 is 6.04 Å². The normalized spacial score (nSPS) is 16.2. The van der Waals surface area contributed by atoms with E-state index in [4.69, 9.17) is 34.8 Å². The van der Waals surface area contributed by atoms with Gasteiger partial charge in [0.05, 0.1) is 15.7 Å².